The second-order valence-corrected chi connectivity index (χ2v) is 3.67. The van der Waals surface area contributed by atoms with Gasteiger partial charge >= 0.3 is 0 Å². The Morgan fingerprint density at radius 3 is 2.27 bits per heavy atom. The van der Waals surface area contributed by atoms with Crippen molar-refractivity contribution in [1.82, 2.24) is 0 Å². The molecular formula is C12H18O3. The van der Waals surface area contributed by atoms with Gasteiger partial charge in [-0.2, -0.15) is 0 Å². The Bertz CT molecular complexity index is 279. The molecule has 0 saturated carbocycles. The molecule has 0 radical (unpaired) electrons. The maximum atomic E-state index is 9.42. The smallest absolute Gasteiger partial charge is 0.119 e. The minimum atomic E-state index is -0.353. The monoisotopic (exact) mass is 210 g/mol. The Morgan fingerprint density at radius 2 is 1.80 bits per heavy atom. The van der Waals surface area contributed by atoms with Gasteiger partial charge in [-0.3, -0.25) is 0 Å². The molecule has 0 saturated heterocycles. The van der Waals surface area contributed by atoms with E-state index in [9.17, 15) is 5.11 Å². The fourth-order valence-electron chi connectivity index (χ4n) is 1.31. The fourth-order valence-corrected chi connectivity index (χ4v) is 1.31. The van der Waals surface area contributed by atoms with E-state index in [4.69, 9.17) is 9.84 Å². The predicted molar refractivity (Wildman–Crippen MR) is 59.1 cm³/mol. The van der Waals surface area contributed by atoms with E-state index in [0.717, 1.165) is 11.3 Å². The molecule has 2 unspecified atom stereocenters. The third-order valence-corrected chi connectivity index (χ3v) is 2.49. The summed E-state index contributed by atoms with van der Waals surface area (Å²) in [5.74, 6) is 0.863. The van der Waals surface area contributed by atoms with Gasteiger partial charge in [0.25, 0.3) is 0 Å². The molecule has 0 amide bonds. The lowest BCUT2D eigenvalue weighted by Crippen LogP contribution is -2.10. The zero-order valence-electron chi connectivity index (χ0n) is 9.18. The van der Waals surface area contributed by atoms with Crippen molar-refractivity contribution >= 4 is 0 Å². The highest BCUT2D eigenvalue weighted by molar-refractivity contribution is 5.29. The molecule has 84 valence electrons. The highest BCUT2D eigenvalue weighted by atomic mass is 16.5. The first-order chi connectivity index (χ1) is 7.15. The summed E-state index contributed by atoms with van der Waals surface area (Å²) >= 11 is 0. The van der Waals surface area contributed by atoms with Gasteiger partial charge in [-0.15, -0.1) is 0 Å². The number of hydrogen-bond donors (Lipinski definition) is 2. The van der Waals surface area contributed by atoms with Gasteiger partial charge in [-0.1, -0.05) is 19.1 Å². The van der Waals surface area contributed by atoms with Gasteiger partial charge in [0.1, 0.15) is 12.4 Å². The predicted octanol–water partition coefficient (Wildman–Crippen LogP) is 1.54. The van der Waals surface area contributed by atoms with Crippen LogP contribution < -0.4 is 4.74 Å². The SMILES string of the molecule is CC(O)C(C)c1ccc(OCCO)cc1. The lowest BCUT2D eigenvalue weighted by atomic mass is 9.96. The minimum absolute atomic E-state index is 0.0197. The summed E-state index contributed by atoms with van der Waals surface area (Å²) in [5, 5.41) is 18.0. The molecule has 3 nitrogen and oxygen atoms in total. The van der Waals surface area contributed by atoms with Crippen molar-refractivity contribution in [1.29, 1.82) is 0 Å². The van der Waals surface area contributed by atoms with E-state index in [1.54, 1.807) is 6.92 Å². The van der Waals surface area contributed by atoms with Gasteiger partial charge in [0.15, 0.2) is 0 Å². The van der Waals surface area contributed by atoms with Crippen molar-refractivity contribution in [3.05, 3.63) is 29.8 Å². The van der Waals surface area contributed by atoms with Crippen LogP contribution >= 0.6 is 0 Å². The number of hydrogen-bond acceptors (Lipinski definition) is 3. The van der Waals surface area contributed by atoms with E-state index in [0.29, 0.717) is 6.61 Å². The van der Waals surface area contributed by atoms with E-state index in [-0.39, 0.29) is 18.6 Å². The highest BCUT2D eigenvalue weighted by Crippen LogP contribution is 2.21. The third kappa shape index (κ3) is 3.53. The summed E-state index contributed by atoms with van der Waals surface area (Å²) in [6, 6.07) is 7.57. The van der Waals surface area contributed by atoms with Crippen LogP contribution in [0.15, 0.2) is 24.3 Å². The molecule has 0 heterocycles. The largest absolute Gasteiger partial charge is 0.491 e. The summed E-state index contributed by atoms with van der Waals surface area (Å²) in [5.41, 5.74) is 1.08. The van der Waals surface area contributed by atoms with Crippen molar-refractivity contribution in [3.8, 4) is 5.75 Å². The summed E-state index contributed by atoms with van der Waals surface area (Å²) < 4.78 is 5.24. The standard InChI is InChI=1S/C12H18O3/c1-9(10(2)14)11-3-5-12(6-4-11)15-8-7-13/h3-6,9-10,13-14H,7-8H2,1-2H3. The molecule has 0 aliphatic heterocycles. The van der Waals surface area contributed by atoms with Gasteiger partial charge in [0, 0.05) is 5.92 Å². The Kier molecular flexibility index (Phi) is 4.59. The van der Waals surface area contributed by atoms with Gasteiger partial charge < -0.3 is 14.9 Å². The Balaban J connectivity index is 2.63. The van der Waals surface area contributed by atoms with Gasteiger partial charge in [0.2, 0.25) is 0 Å². The van der Waals surface area contributed by atoms with E-state index in [2.05, 4.69) is 0 Å². The molecule has 0 aliphatic rings. The average Bonchev–Trinajstić information content (AvgIpc) is 2.26. The molecule has 0 spiro atoms. The summed E-state index contributed by atoms with van der Waals surface area (Å²) in [6.07, 6.45) is -0.353. The van der Waals surface area contributed by atoms with Crippen molar-refractivity contribution in [3.63, 3.8) is 0 Å². The average molecular weight is 210 g/mol. The molecule has 15 heavy (non-hydrogen) atoms. The zero-order chi connectivity index (χ0) is 11.3. The van der Waals surface area contributed by atoms with Crippen LogP contribution in [0.2, 0.25) is 0 Å². The molecule has 0 aromatic heterocycles. The molecular weight excluding hydrogens is 192 g/mol. The van der Waals surface area contributed by atoms with Gasteiger partial charge in [-0.25, -0.2) is 0 Å². The van der Waals surface area contributed by atoms with Crippen LogP contribution in [0.3, 0.4) is 0 Å². The maximum absolute atomic E-state index is 9.42. The molecule has 1 aromatic rings. The lowest BCUT2D eigenvalue weighted by Gasteiger charge is -2.15. The number of aliphatic hydroxyl groups is 2. The van der Waals surface area contributed by atoms with Crippen LogP contribution in [0, 0.1) is 0 Å². The highest BCUT2D eigenvalue weighted by Gasteiger charge is 2.10. The first kappa shape index (κ1) is 12.0. The number of benzene rings is 1. The maximum Gasteiger partial charge on any atom is 0.119 e. The van der Waals surface area contributed by atoms with Gasteiger partial charge in [0.05, 0.1) is 12.7 Å². The molecule has 0 bridgehead atoms. The van der Waals surface area contributed by atoms with E-state index < -0.39 is 0 Å². The summed E-state index contributed by atoms with van der Waals surface area (Å²) in [4.78, 5) is 0. The second-order valence-electron chi connectivity index (χ2n) is 3.67. The first-order valence-electron chi connectivity index (χ1n) is 5.17. The van der Waals surface area contributed by atoms with Crippen LogP contribution in [0.4, 0.5) is 0 Å². The van der Waals surface area contributed by atoms with Crippen LogP contribution in [-0.2, 0) is 0 Å². The van der Waals surface area contributed by atoms with Crippen LogP contribution in [0.1, 0.15) is 25.3 Å². The second kappa shape index (κ2) is 5.73. The first-order valence-corrected chi connectivity index (χ1v) is 5.17. The van der Waals surface area contributed by atoms with Crippen LogP contribution in [0.25, 0.3) is 0 Å². The Morgan fingerprint density at radius 1 is 1.20 bits per heavy atom. The van der Waals surface area contributed by atoms with E-state index >= 15 is 0 Å². The van der Waals surface area contributed by atoms with E-state index in [1.165, 1.54) is 0 Å². The normalized spacial score (nSPS) is 14.7. The van der Waals surface area contributed by atoms with Crippen molar-refractivity contribution in [2.24, 2.45) is 0 Å². The molecule has 0 fully saturated rings. The molecule has 0 aliphatic carbocycles. The lowest BCUT2D eigenvalue weighted by molar-refractivity contribution is 0.169. The van der Waals surface area contributed by atoms with Crippen LogP contribution in [-0.4, -0.2) is 29.5 Å². The van der Waals surface area contributed by atoms with Crippen molar-refractivity contribution in [2.45, 2.75) is 25.9 Å². The molecule has 2 atom stereocenters. The van der Waals surface area contributed by atoms with Crippen molar-refractivity contribution < 1.29 is 14.9 Å². The van der Waals surface area contributed by atoms with E-state index in [1.807, 2.05) is 31.2 Å². The zero-order valence-corrected chi connectivity index (χ0v) is 9.18. The topological polar surface area (TPSA) is 49.7 Å². The van der Waals surface area contributed by atoms with Crippen molar-refractivity contribution in [2.75, 3.05) is 13.2 Å². The number of ether oxygens (including phenoxy) is 1. The molecule has 2 N–H and O–H groups in total. The quantitative estimate of drug-likeness (QED) is 0.775. The third-order valence-electron chi connectivity index (χ3n) is 2.49. The molecule has 1 aromatic carbocycles. The minimum Gasteiger partial charge on any atom is -0.491 e. The number of aliphatic hydroxyl groups excluding tert-OH is 2. The number of rotatable bonds is 5. The van der Waals surface area contributed by atoms with Gasteiger partial charge in [-0.05, 0) is 24.6 Å². The molecule has 3 heteroatoms. The Hall–Kier alpha value is -1.06. The molecule has 1 rings (SSSR count). The van der Waals surface area contributed by atoms with Crippen LogP contribution in [0.5, 0.6) is 5.75 Å². The fraction of sp³-hybridized carbons (Fsp3) is 0.500. The Labute approximate surface area is 90.3 Å². The summed E-state index contributed by atoms with van der Waals surface area (Å²) in [7, 11) is 0. The summed E-state index contributed by atoms with van der Waals surface area (Å²) in [6.45, 7) is 4.09.